The fourth-order valence-electron chi connectivity index (χ4n) is 12.4. The summed E-state index contributed by atoms with van der Waals surface area (Å²) in [6.07, 6.45) is 0. The Labute approximate surface area is 375 Å². The van der Waals surface area contributed by atoms with E-state index in [2.05, 4.69) is 245 Å². The van der Waals surface area contributed by atoms with Crippen molar-refractivity contribution >= 4 is 38.6 Å². The summed E-state index contributed by atoms with van der Waals surface area (Å²) in [4.78, 5) is 2.54. The standard InChI is InChI=1S/C63H47N/c1-61(2)54-29-17-15-25-47(54)49-34-31-42(37-56(49)61)64(43-32-35-50-48-26-16-18-30-55(48)62(3,4)57(50)38-43)44-33-36-53-58(39-44)63(40-19-7-5-8-20-40,41-21-9-6-10-22-41)60-52-28-14-12-24-46(52)45-23-11-13-27-51(45)59(53)60/h5-39H,1-4H3. The molecule has 304 valence electrons. The quantitative estimate of drug-likeness (QED) is 0.156. The van der Waals surface area contributed by atoms with Gasteiger partial charge in [0.1, 0.15) is 0 Å². The number of hydrogen-bond acceptors (Lipinski definition) is 1. The molecule has 13 rings (SSSR count). The lowest BCUT2D eigenvalue weighted by molar-refractivity contribution is 0.660. The van der Waals surface area contributed by atoms with Crippen molar-refractivity contribution in [2.75, 3.05) is 4.90 Å². The molecule has 0 atom stereocenters. The van der Waals surface area contributed by atoms with Gasteiger partial charge in [-0.3, -0.25) is 0 Å². The Hall–Kier alpha value is -7.48. The second-order valence-corrected chi connectivity index (χ2v) is 19.2. The van der Waals surface area contributed by atoms with Crippen molar-refractivity contribution in [2.24, 2.45) is 0 Å². The zero-order valence-corrected chi connectivity index (χ0v) is 36.7. The molecule has 0 aromatic heterocycles. The van der Waals surface area contributed by atoms with E-state index in [-0.39, 0.29) is 10.8 Å². The molecule has 0 fully saturated rings. The lowest BCUT2D eigenvalue weighted by Gasteiger charge is -2.36. The van der Waals surface area contributed by atoms with Gasteiger partial charge in [0.25, 0.3) is 0 Å². The van der Waals surface area contributed by atoms with Gasteiger partial charge in [-0.25, -0.2) is 0 Å². The normalized spacial score (nSPS) is 15.2. The molecule has 0 N–H and O–H groups in total. The molecule has 3 aliphatic rings. The number of anilines is 3. The van der Waals surface area contributed by atoms with Crippen molar-refractivity contribution in [2.45, 2.75) is 43.9 Å². The first-order valence-corrected chi connectivity index (χ1v) is 22.8. The summed E-state index contributed by atoms with van der Waals surface area (Å²) in [5.74, 6) is 0. The van der Waals surface area contributed by atoms with Crippen LogP contribution in [0.25, 0.3) is 54.9 Å². The van der Waals surface area contributed by atoms with Crippen LogP contribution in [0.2, 0.25) is 0 Å². The molecule has 64 heavy (non-hydrogen) atoms. The molecule has 0 unspecified atom stereocenters. The number of hydrogen-bond donors (Lipinski definition) is 0. The van der Waals surface area contributed by atoms with Crippen molar-refractivity contribution in [1.82, 2.24) is 0 Å². The summed E-state index contributed by atoms with van der Waals surface area (Å²) in [5, 5.41) is 5.15. The topological polar surface area (TPSA) is 3.24 Å². The fraction of sp³-hybridized carbons (Fsp3) is 0.111. The van der Waals surface area contributed by atoms with Gasteiger partial charge in [-0.15, -0.1) is 0 Å². The van der Waals surface area contributed by atoms with E-state index in [1.807, 2.05) is 0 Å². The molecule has 1 heteroatoms. The zero-order chi connectivity index (χ0) is 43.0. The van der Waals surface area contributed by atoms with Crippen LogP contribution >= 0.6 is 0 Å². The van der Waals surface area contributed by atoms with Crippen LogP contribution in [0.3, 0.4) is 0 Å². The third-order valence-corrected chi connectivity index (χ3v) is 15.3. The molecule has 10 aromatic carbocycles. The highest BCUT2D eigenvalue weighted by Crippen LogP contribution is 2.62. The molecule has 1 nitrogen and oxygen atoms in total. The lowest BCUT2D eigenvalue weighted by Crippen LogP contribution is -2.29. The van der Waals surface area contributed by atoms with Crippen LogP contribution < -0.4 is 4.90 Å². The molecule has 0 bridgehead atoms. The average Bonchev–Trinajstić information content (AvgIpc) is 3.87. The lowest BCUT2D eigenvalue weighted by atomic mass is 9.66. The molecular weight excluding hydrogens is 771 g/mol. The predicted molar refractivity (Wildman–Crippen MR) is 269 cm³/mol. The number of fused-ring (bicyclic) bond motifs is 14. The first kappa shape index (κ1) is 37.1. The minimum atomic E-state index is -0.609. The maximum atomic E-state index is 2.54. The van der Waals surface area contributed by atoms with Crippen LogP contribution in [0, 0.1) is 0 Å². The largest absolute Gasteiger partial charge is 0.310 e. The maximum Gasteiger partial charge on any atom is 0.0720 e. The monoisotopic (exact) mass is 817 g/mol. The van der Waals surface area contributed by atoms with E-state index in [0.717, 1.165) is 17.1 Å². The van der Waals surface area contributed by atoms with Gasteiger partial charge < -0.3 is 4.90 Å². The van der Waals surface area contributed by atoms with Gasteiger partial charge in [-0.2, -0.15) is 0 Å². The van der Waals surface area contributed by atoms with Crippen molar-refractivity contribution in [3.8, 4) is 33.4 Å². The fourth-order valence-corrected chi connectivity index (χ4v) is 12.4. The van der Waals surface area contributed by atoms with Gasteiger partial charge in [-0.05, 0) is 136 Å². The minimum Gasteiger partial charge on any atom is -0.310 e. The van der Waals surface area contributed by atoms with Crippen LogP contribution in [-0.4, -0.2) is 0 Å². The van der Waals surface area contributed by atoms with E-state index in [1.165, 1.54) is 99.4 Å². The number of rotatable bonds is 5. The Morgan fingerprint density at radius 3 is 1.19 bits per heavy atom. The van der Waals surface area contributed by atoms with Gasteiger partial charge in [-0.1, -0.05) is 204 Å². The van der Waals surface area contributed by atoms with E-state index in [4.69, 9.17) is 0 Å². The van der Waals surface area contributed by atoms with Gasteiger partial charge >= 0.3 is 0 Å². The third kappa shape index (κ3) is 4.85. The van der Waals surface area contributed by atoms with Crippen molar-refractivity contribution in [1.29, 1.82) is 0 Å². The Morgan fingerprint density at radius 1 is 0.297 bits per heavy atom. The summed E-state index contributed by atoms with van der Waals surface area (Å²) in [6, 6.07) is 80.4. The Morgan fingerprint density at radius 2 is 0.672 bits per heavy atom. The molecule has 10 aromatic rings. The zero-order valence-electron chi connectivity index (χ0n) is 36.7. The molecule has 0 aliphatic heterocycles. The maximum absolute atomic E-state index is 2.54. The van der Waals surface area contributed by atoms with E-state index >= 15 is 0 Å². The van der Waals surface area contributed by atoms with Gasteiger partial charge in [0, 0.05) is 27.9 Å². The molecule has 0 radical (unpaired) electrons. The average molecular weight is 818 g/mol. The Bertz CT molecular complexity index is 3410. The highest BCUT2D eigenvalue weighted by Gasteiger charge is 2.48. The first-order valence-electron chi connectivity index (χ1n) is 22.8. The Kier molecular flexibility index (Phi) is 7.69. The van der Waals surface area contributed by atoms with Crippen LogP contribution in [0.5, 0.6) is 0 Å². The van der Waals surface area contributed by atoms with E-state index in [9.17, 15) is 0 Å². The van der Waals surface area contributed by atoms with Gasteiger partial charge in [0.15, 0.2) is 0 Å². The second-order valence-electron chi connectivity index (χ2n) is 19.2. The van der Waals surface area contributed by atoms with Crippen LogP contribution in [0.1, 0.15) is 72.2 Å². The summed E-state index contributed by atoms with van der Waals surface area (Å²) >= 11 is 0. The molecular formula is C63H47N. The summed E-state index contributed by atoms with van der Waals surface area (Å²) in [5.41, 5.74) is 21.1. The molecule has 0 saturated carbocycles. The first-order chi connectivity index (χ1) is 31.3. The van der Waals surface area contributed by atoms with Crippen molar-refractivity contribution in [3.63, 3.8) is 0 Å². The Balaban J connectivity index is 1.13. The molecule has 0 amide bonds. The van der Waals surface area contributed by atoms with Crippen molar-refractivity contribution < 1.29 is 0 Å². The van der Waals surface area contributed by atoms with Crippen LogP contribution in [0.4, 0.5) is 17.1 Å². The second kappa shape index (κ2) is 13.3. The van der Waals surface area contributed by atoms with Gasteiger partial charge in [0.2, 0.25) is 0 Å². The predicted octanol–water partition coefficient (Wildman–Crippen LogP) is 16.4. The minimum absolute atomic E-state index is 0.146. The van der Waals surface area contributed by atoms with Crippen molar-refractivity contribution in [3.05, 3.63) is 257 Å². The summed E-state index contributed by atoms with van der Waals surface area (Å²) < 4.78 is 0. The third-order valence-electron chi connectivity index (χ3n) is 15.3. The highest BCUT2D eigenvalue weighted by molar-refractivity contribution is 6.19. The molecule has 0 saturated heterocycles. The number of nitrogens with zero attached hydrogens (tertiary/aromatic N) is 1. The van der Waals surface area contributed by atoms with Crippen LogP contribution in [-0.2, 0) is 16.2 Å². The summed E-state index contributed by atoms with van der Waals surface area (Å²) in [6.45, 7) is 9.54. The summed E-state index contributed by atoms with van der Waals surface area (Å²) in [7, 11) is 0. The molecule has 0 heterocycles. The number of benzene rings is 10. The molecule has 0 spiro atoms. The van der Waals surface area contributed by atoms with E-state index in [1.54, 1.807) is 0 Å². The van der Waals surface area contributed by atoms with Crippen LogP contribution in [0.15, 0.2) is 212 Å². The SMILES string of the molecule is CC1(C)c2ccccc2-c2ccc(N(c3ccc4c(c3)C(C)(C)c3ccccc3-4)c3ccc4c(c3)C(c3ccccc3)(c3ccccc3)c3c-4c4ccccc4c4ccccc34)cc21. The van der Waals surface area contributed by atoms with E-state index < -0.39 is 5.41 Å². The molecule has 3 aliphatic carbocycles. The smallest absolute Gasteiger partial charge is 0.0720 e. The van der Waals surface area contributed by atoms with E-state index in [0.29, 0.717) is 0 Å². The highest BCUT2D eigenvalue weighted by atomic mass is 15.1. The van der Waals surface area contributed by atoms with Gasteiger partial charge in [0.05, 0.1) is 5.41 Å².